The van der Waals surface area contributed by atoms with Gasteiger partial charge in [0.1, 0.15) is 17.1 Å². The van der Waals surface area contributed by atoms with Gasteiger partial charge in [-0.1, -0.05) is 0 Å². The molecule has 9 nitrogen and oxygen atoms in total. The quantitative estimate of drug-likeness (QED) is 0.656. The Hall–Kier alpha value is -2.39. The van der Waals surface area contributed by atoms with Crippen LogP contribution in [0.4, 0.5) is 16.3 Å². The molecule has 3 aliphatic heterocycles. The minimum Gasteiger partial charge on any atom is -0.444 e. The van der Waals surface area contributed by atoms with Crippen molar-refractivity contribution in [3.63, 3.8) is 0 Å². The lowest BCUT2D eigenvalue weighted by Crippen LogP contribution is -2.54. The van der Waals surface area contributed by atoms with Gasteiger partial charge < -0.3 is 24.0 Å². The number of fused-ring (bicyclic) bond motifs is 1. The number of ether oxygens (including phenoxy) is 3. The number of pyridine rings is 1. The number of piperidine rings is 1. The molecule has 0 radical (unpaired) electrons. The lowest BCUT2D eigenvalue weighted by atomic mass is 9.99. The summed E-state index contributed by atoms with van der Waals surface area (Å²) in [4.78, 5) is 35.6. The van der Waals surface area contributed by atoms with Crippen molar-refractivity contribution in [2.24, 2.45) is 0 Å². The number of hydrogen-bond donors (Lipinski definition) is 0. The first-order chi connectivity index (χ1) is 15.1. The second kappa shape index (κ2) is 8.51. The van der Waals surface area contributed by atoms with Crippen LogP contribution >= 0.6 is 0 Å². The van der Waals surface area contributed by atoms with E-state index >= 15 is 0 Å². The summed E-state index contributed by atoms with van der Waals surface area (Å²) < 4.78 is 17.4. The van der Waals surface area contributed by atoms with E-state index in [0.29, 0.717) is 50.8 Å². The van der Waals surface area contributed by atoms with Crippen molar-refractivity contribution in [3.8, 4) is 0 Å². The molecule has 0 unspecified atom stereocenters. The number of carbonyl (C=O) groups excluding carboxylic acids is 2. The van der Waals surface area contributed by atoms with Crippen molar-refractivity contribution in [2.75, 3.05) is 49.2 Å². The Morgan fingerprint density at radius 1 is 1.22 bits per heavy atom. The molecule has 0 spiro atoms. The smallest absolute Gasteiger partial charge is 0.412 e. The van der Waals surface area contributed by atoms with Gasteiger partial charge in [-0.2, -0.15) is 0 Å². The number of nitrogens with zero attached hydrogens (tertiary/aromatic N) is 4. The molecule has 0 N–H and O–H groups in total. The Labute approximate surface area is 189 Å². The summed E-state index contributed by atoms with van der Waals surface area (Å²) in [5.41, 5.74) is 0.108. The van der Waals surface area contributed by atoms with Gasteiger partial charge in [0, 0.05) is 32.4 Å². The third-order valence-corrected chi connectivity index (χ3v) is 6.18. The minimum atomic E-state index is -0.766. The van der Waals surface area contributed by atoms with Crippen molar-refractivity contribution in [1.29, 1.82) is 0 Å². The molecule has 3 fully saturated rings. The lowest BCUT2D eigenvalue weighted by molar-refractivity contribution is -0.0766. The van der Waals surface area contributed by atoms with E-state index in [1.807, 2.05) is 40.7 Å². The third kappa shape index (κ3) is 4.41. The summed E-state index contributed by atoms with van der Waals surface area (Å²) in [7, 11) is 0. The molecule has 3 aliphatic rings. The summed E-state index contributed by atoms with van der Waals surface area (Å²) in [6.45, 7) is 13.4. The van der Waals surface area contributed by atoms with E-state index in [4.69, 9.17) is 14.2 Å². The molecule has 9 heteroatoms. The monoisotopic (exact) mass is 446 g/mol. The number of hydrogen-bond acceptors (Lipinski definition) is 8. The van der Waals surface area contributed by atoms with Crippen LogP contribution < -0.4 is 9.80 Å². The van der Waals surface area contributed by atoms with Gasteiger partial charge in [-0.15, -0.1) is 0 Å². The molecule has 1 aromatic heterocycles. The Morgan fingerprint density at radius 3 is 2.59 bits per heavy atom. The fraction of sp³-hybridized carbons (Fsp3) is 0.696. The van der Waals surface area contributed by atoms with Gasteiger partial charge in [-0.25, -0.2) is 9.78 Å². The second-order valence-electron chi connectivity index (χ2n) is 10.0. The maximum Gasteiger partial charge on any atom is 0.412 e. The molecule has 2 atom stereocenters. The van der Waals surface area contributed by atoms with Crippen LogP contribution in [0.15, 0.2) is 12.3 Å². The largest absolute Gasteiger partial charge is 0.444 e. The molecule has 176 valence electrons. The van der Waals surface area contributed by atoms with Crippen LogP contribution in [0.5, 0.6) is 0 Å². The molecular formula is C23H34N4O5. The van der Waals surface area contributed by atoms with Crippen LogP contribution in [-0.2, 0) is 14.2 Å². The molecule has 1 aromatic rings. The van der Waals surface area contributed by atoms with Crippen molar-refractivity contribution in [3.05, 3.63) is 17.8 Å². The summed E-state index contributed by atoms with van der Waals surface area (Å²) in [5, 5.41) is 0. The highest BCUT2D eigenvalue weighted by Crippen LogP contribution is 2.39. The number of aromatic nitrogens is 1. The Balaban J connectivity index is 1.55. The highest BCUT2D eigenvalue weighted by atomic mass is 16.6. The number of anilines is 2. The van der Waals surface area contributed by atoms with E-state index in [2.05, 4.69) is 14.8 Å². The van der Waals surface area contributed by atoms with Crippen molar-refractivity contribution < 1.29 is 23.8 Å². The van der Waals surface area contributed by atoms with Gasteiger partial charge in [0.15, 0.2) is 6.29 Å². The van der Waals surface area contributed by atoms with Crippen LogP contribution in [-0.4, -0.2) is 85.1 Å². The van der Waals surface area contributed by atoms with E-state index in [0.717, 1.165) is 18.4 Å². The summed E-state index contributed by atoms with van der Waals surface area (Å²) >= 11 is 0. The number of rotatable bonds is 3. The maximum atomic E-state index is 12.9. The Morgan fingerprint density at radius 2 is 1.94 bits per heavy atom. The van der Waals surface area contributed by atoms with E-state index < -0.39 is 11.3 Å². The molecule has 32 heavy (non-hydrogen) atoms. The van der Waals surface area contributed by atoms with Crippen molar-refractivity contribution >= 4 is 23.9 Å². The van der Waals surface area contributed by atoms with Gasteiger partial charge in [0.05, 0.1) is 36.6 Å². The first-order valence-electron chi connectivity index (χ1n) is 11.3. The maximum absolute atomic E-state index is 12.9. The zero-order valence-electron chi connectivity index (χ0n) is 19.7. The minimum absolute atomic E-state index is 0.0728. The highest BCUT2D eigenvalue weighted by molar-refractivity contribution is 5.91. The van der Waals surface area contributed by atoms with Crippen LogP contribution in [0.2, 0.25) is 0 Å². The first kappa shape index (κ1) is 22.8. The van der Waals surface area contributed by atoms with Gasteiger partial charge in [-0.3, -0.25) is 9.69 Å². The molecule has 4 heterocycles. The number of amides is 1. The Kier molecular flexibility index (Phi) is 6.06. The number of aldehydes is 1. The average Bonchev–Trinajstić information content (AvgIpc) is 3.01. The normalized spacial score (nSPS) is 25.5. The topological polar surface area (TPSA) is 84.4 Å². The van der Waals surface area contributed by atoms with E-state index in [1.54, 1.807) is 11.1 Å². The third-order valence-electron chi connectivity index (χ3n) is 6.18. The molecule has 1 amide bonds. The summed E-state index contributed by atoms with van der Waals surface area (Å²) in [6.07, 6.45) is 2.85. The molecule has 0 bridgehead atoms. The lowest BCUT2D eigenvalue weighted by Gasteiger charge is -2.39. The predicted octanol–water partition coefficient (Wildman–Crippen LogP) is 2.68. The zero-order chi connectivity index (χ0) is 23.1. The van der Waals surface area contributed by atoms with Gasteiger partial charge >= 0.3 is 6.09 Å². The second-order valence-corrected chi connectivity index (χ2v) is 10.0. The van der Waals surface area contributed by atoms with Crippen LogP contribution in [0, 0.1) is 0 Å². The highest BCUT2D eigenvalue weighted by Gasteiger charge is 2.53. The van der Waals surface area contributed by atoms with Gasteiger partial charge in [0.25, 0.3) is 0 Å². The summed E-state index contributed by atoms with van der Waals surface area (Å²) in [5.74, 6) is 0.700. The molecule has 3 saturated heterocycles. The van der Waals surface area contributed by atoms with E-state index in [-0.39, 0.29) is 18.2 Å². The Bertz CT molecular complexity index is 862. The van der Waals surface area contributed by atoms with E-state index in [9.17, 15) is 9.59 Å². The number of carbonyl (C=O) groups is 2. The fourth-order valence-electron chi connectivity index (χ4n) is 4.90. The van der Waals surface area contributed by atoms with Gasteiger partial charge in [-0.05, 0) is 47.1 Å². The first-order valence-corrected chi connectivity index (χ1v) is 11.3. The summed E-state index contributed by atoms with van der Waals surface area (Å²) in [6, 6.07) is 1.82. The molecule has 4 rings (SSSR count). The SMILES string of the molecule is CC(C)(C)OC(=O)N1[C@@H]2CCN(c3ccnc(N4CCOCC4)c3C=O)C[C@@H]2OC1(C)C. The predicted molar refractivity (Wildman–Crippen MR) is 120 cm³/mol. The molecular weight excluding hydrogens is 412 g/mol. The molecule has 0 aromatic carbocycles. The van der Waals surface area contributed by atoms with Crippen LogP contribution in [0.3, 0.4) is 0 Å². The zero-order valence-corrected chi connectivity index (χ0v) is 19.7. The molecule has 0 saturated carbocycles. The van der Waals surface area contributed by atoms with Crippen LogP contribution in [0.25, 0.3) is 0 Å². The number of morpholine rings is 1. The standard InChI is InChI=1S/C23H34N4O5/c1-22(2,3)32-21(29)27-18-7-9-26(14-19(18)31-23(27,4)5)17-6-8-24-20(16(17)15-28)25-10-12-30-13-11-25/h6,8,15,18-19H,7,9-14H2,1-5H3/t18-,19+/m1/s1. The van der Waals surface area contributed by atoms with Crippen molar-refractivity contribution in [1.82, 2.24) is 9.88 Å². The molecule has 0 aliphatic carbocycles. The van der Waals surface area contributed by atoms with Gasteiger partial charge in [0.2, 0.25) is 0 Å². The van der Waals surface area contributed by atoms with Crippen molar-refractivity contribution in [2.45, 2.75) is 64.5 Å². The fourth-order valence-corrected chi connectivity index (χ4v) is 4.90. The average molecular weight is 447 g/mol. The van der Waals surface area contributed by atoms with Crippen LogP contribution in [0.1, 0.15) is 51.4 Å². The van der Waals surface area contributed by atoms with E-state index in [1.165, 1.54) is 0 Å².